The minimum Gasteiger partial charge on any atom is -0.508 e. The molecule has 2 N–H and O–H groups in total. The van der Waals surface area contributed by atoms with E-state index in [1.54, 1.807) is 12.1 Å². The molecule has 0 unspecified atom stereocenters. The van der Waals surface area contributed by atoms with Gasteiger partial charge in [-0.15, -0.1) is 24.0 Å². The second-order valence-corrected chi connectivity index (χ2v) is 5.80. The molecule has 1 aliphatic rings. The lowest BCUT2D eigenvalue weighted by atomic mass is 10.1. The van der Waals surface area contributed by atoms with Gasteiger partial charge in [-0.25, -0.2) is 0 Å². The van der Waals surface area contributed by atoms with Crippen molar-refractivity contribution in [2.75, 3.05) is 32.8 Å². The molecule has 0 bridgehead atoms. The highest BCUT2D eigenvalue weighted by molar-refractivity contribution is 14.0. The summed E-state index contributed by atoms with van der Waals surface area (Å²) in [5, 5.41) is 12.9. The topological polar surface area (TPSA) is 57.1 Å². The van der Waals surface area contributed by atoms with E-state index in [1.807, 2.05) is 12.1 Å². The van der Waals surface area contributed by atoms with Crippen molar-refractivity contribution in [2.45, 2.75) is 39.2 Å². The van der Waals surface area contributed by atoms with Crippen LogP contribution in [0.2, 0.25) is 0 Å². The van der Waals surface area contributed by atoms with Gasteiger partial charge in [-0.05, 0) is 50.8 Å². The summed E-state index contributed by atoms with van der Waals surface area (Å²) >= 11 is 0. The molecule has 0 amide bonds. The quantitative estimate of drug-likeness (QED) is 0.400. The van der Waals surface area contributed by atoms with Crippen molar-refractivity contribution in [3.05, 3.63) is 29.8 Å². The maximum Gasteiger partial charge on any atom is 0.193 e. The molecule has 6 heteroatoms. The lowest BCUT2D eigenvalue weighted by molar-refractivity contribution is 0.0264. The van der Waals surface area contributed by atoms with Crippen LogP contribution in [0.15, 0.2) is 29.3 Å². The highest BCUT2D eigenvalue weighted by atomic mass is 127. The molecule has 0 radical (unpaired) electrons. The number of aromatic hydroxyl groups is 1. The number of piperidine rings is 1. The summed E-state index contributed by atoms with van der Waals surface area (Å²) in [6.07, 6.45) is 3.35. The molecule has 1 aliphatic heterocycles. The molecule has 5 nitrogen and oxygen atoms in total. The second-order valence-electron chi connectivity index (χ2n) is 5.80. The molecule has 0 saturated carbocycles. The lowest BCUT2D eigenvalue weighted by Gasteiger charge is -2.34. The monoisotopic (exact) mass is 447 g/mol. The van der Waals surface area contributed by atoms with E-state index in [1.165, 1.54) is 0 Å². The number of nitrogens with zero attached hydrogens (tertiary/aromatic N) is 2. The van der Waals surface area contributed by atoms with Crippen molar-refractivity contribution in [3.8, 4) is 5.75 Å². The van der Waals surface area contributed by atoms with Crippen molar-refractivity contribution in [1.29, 1.82) is 0 Å². The number of nitrogens with one attached hydrogen (secondary N) is 1. The van der Waals surface area contributed by atoms with Crippen LogP contribution in [0.4, 0.5) is 0 Å². The number of phenolic OH excluding ortho intramolecular Hbond substituents is 1. The second kappa shape index (κ2) is 11.5. The highest BCUT2D eigenvalue weighted by Gasteiger charge is 2.21. The number of halogens is 1. The summed E-state index contributed by atoms with van der Waals surface area (Å²) in [5.74, 6) is 1.30. The molecule has 0 aliphatic carbocycles. The summed E-state index contributed by atoms with van der Waals surface area (Å²) in [6.45, 7) is 8.51. The summed E-state index contributed by atoms with van der Waals surface area (Å²) in [6, 6.07) is 7.39. The third kappa shape index (κ3) is 6.84. The fraction of sp³-hybridized carbons (Fsp3) is 0.611. The van der Waals surface area contributed by atoms with Gasteiger partial charge in [0.25, 0.3) is 0 Å². The number of hydrogen-bond donors (Lipinski definition) is 2. The fourth-order valence-corrected chi connectivity index (χ4v) is 2.90. The summed E-state index contributed by atoms with van der Waals surface area (Å²) in [7, 11) is 0. The Bertz CT molecular complexity index is 503. The van der Waals surface area contributed by atoms with Gasteiger partial charge in [0.1, 0.15) is 5.75 Å². The van der Waals surface area contributed by atoms with Crippen LogP contribution in [0.25, 0.3) is 0 Å². The number of guanidine groups is 1. The molecule has 1 fully saturated rings. The van der Waals surface area contributed by atoms with Crippen molar-refractivity contribution < 1.29 is 9.84 Å². The van der Waals surface area contributed by atoms with Gasteiger partial charge in [0.15, 0.2) is 5.96 Å². The van der Waals surface area contributed by atoms with Crippen LogP contribution < -0.4 is 5.32 Å². The molecule has 24 heavy (non-hydrogen) atoms. The molecule has 136 valence electrons. The van der Waals surface area contributed by atoms with Gasteiger partial charge in [-0.3, -0.25) is 4.99 Å². The van der Waals surface area contributed by atoms with Gasteiger partial charge in [0.05, 0.1) is 6.10 Å². The summed E-state index contributed by atoms with van der Waals surface area (Å²) in [5.41, 5.74) is 1.11. The molecule has 0 spiro atoms. The smallest absolute Gasteiger partial charge is 0.193 e. The molecule has 1 saturated heterocycles. The van der Waals surface area contributed by atoms with Crippen LogP contribution in [0, 0.1) is 0 Å². The largest absolute Gasteiger partial charge is 0.508 e. The standard InChI is InChI=1S/C18H29N3O2.HI/c1-3-19-18(21-12-9-17(10-13-21)23-4-2)20-11-8-15-6-5-7-16(22)14-15;/h5-7,14,17,22H,3-4,8-13H2,1-2H3,(H,19,20);1H. The Morgan fingerprint density at radius 2 is 2.08 bits per heavy atom. The number of ether oxygens (including phenoxy) is 1. The average Bonchev–Trinajstić information content (AvgIpc) is 2.55. The van der Waals surface area contributed by atoms with E-state index in [-0.39, 0.29) is 24.0 Å². The SMILES string of the molecule is CCNC(=NCCc1cccc(O)c1)N1CCC(OCC)CC1.I. The molecule has 0 aromatic heterocycles. The van der Waals surface area contributed by atoms with Gasteiger partial charge >= 0.3 is 0 Å². The first-order valence-electron chi connectivity index (χ1n) is 8.65. The number of aliphatic imine (C=N–C) groups is 1. The van der Waals surface area contributed by atoms with Crippen LogP contribution in [0.5, 0.6) is 5.75 Å². The van der Waals surface area contributed by atoms with Crippen molar-refractivity contribution in [1.82, 2.24) is 10.2 Å². The van der Waals surface area contributed by atoms with Gasteiger partial charge in [0.2, 0.25) is 0 Å². The third-order valence-electron chi connectivity index (χ3n) is 4.05. The van der Waals surface area contributed by atoms with E-state index < -0.39 is 0 Å². The van der Waals surface area contributed by atoms with Crippen LogP contribution in [-0.2, 0) is 11.2 Å². The first-order chi connectivity index (χ1) is 11.2. The van der Waals surface area contributed by atoms with Gasteiger partial charge in [-0.2, -0.15) is 0 Å². The lowest BCUT2D eigenvalue weighted by Crippen LogP contribution is -2.47. The summed E-state index contributed by atoms with van der Waals surface area (Å²) < 4.78 is 5.71. The molecule has 1 aromatic rings. The Balaban J connectivity index is 0.00000288. The molecule has 2 rings (SSSR count). The average molecular weight is 447 g/mol. The van der Waals surface area contributed by atoms with E-state index in [0.717, 1.165) is 63.6 Å². The van der Waals surface area contributed by atoms with Crippen LogP contribution in [-0.4, -0.2) is 54.9 Å². The molecule has 0 atom stereocenters. The summed E-state index contributed by atoms with van der Waals surface area (Å²) in [4.78, 5) is 7.06. The van der Waals surface area contributed by atoms with Crippen molar-refractivity contribution in [2.24, 2.45) is 4.99 Å². The number of benzene rings is 1. The predicted molar refractivity (Wildman–Crippen MR) is 109 cm³/mol. The highest BCUT2D eigenvalue weighted by Crippen LogP contribution is 2.14. The fourth-order valence-electron chi connectivity index (χ4n) is 2.90. The normalized spacial score (nSPS) is 15.9. The van der Waals surface area contributed by atoms with Gasteiger partial charge in [-0.1, -0.05) is 12.1 Å². The van der Waals surface area contributed by atoms with E-state index in [9.17, 15) is 5.11 Å². The first kappa shape index (κ1) is 21.0. The van der Waals surface area contributed by atoms with Crippen molar-refractivity contribution >= 4 is 29.9 Å². The van der Waals surface area contributed by atoms with Gasteiger partial charge in [0, 0.05) is 32.8 Å². The zero-order chi connectivity index (χ0) is 16.5. The van der Waals surface area contributed by atoms with E-state index in [4.69, 9.17) is 9.73 Å². The van der Waals surface area contributed by atoms with Gasteiger partial charge < -0.3 is 20.1 Å². The van der Waals surface area contributed by atoms with Crippen LogP contribution in [0.1, 0.15) is 32.3 Å². The Hall–Kier alpha value is -1.02. The van der Waals surface area contributed by atoms with E-state index in [2.05, 4.69) is 24.1 Å². The zero-order valence-corrected chi connectivity index (χ0v) is 17.0. The molecular formula is C18H30IN3O2. The minimum atomic E-state index is 0. The van der Waals surface area contributed by atoms with E-state index in [0.29, 0.717) is 11.9 Å². The first-order valence-corrected chi connectivity index (χ1v) is 8.65. The number of rotatable bonds is 6. The van der Waals surface area contributed by atoms with E-state index >= 15 is 0 Å². The van der Waals surface area contributed by atoms with Crippen LogP contribution >= 0.6 is 24.0 Å². The maximum absolute atomic E-state index is 9.51. The maximum atomic E-state index is 9.51. The number of likely N-dealkylation sites (tertiary alicyclic amines) is 1. The Kier molecular flexibility index (Phi) is 10.1. The Morgan fingerprint density at radius 3 is 2.71 bits per heavy atom. The molecule has 1 heterocycles. The van der Waals surface area contributed by atoms with Crippen LogP contribution in [0.3, 0.4) is 0 Å². The molecular weight excluding hydrogens is 417 g/mol. The Labute approximate surface area is 162 Å². The third-order valence-corrected chi connectivity index (χ3v) is 4.05. The molecule has 1 aromatic carbocycles. The minimum absolute atomic E-state index is 0. The zero-order valence-electron chi connectivity index (χ0n) is 14.7. The number of hydrogen-bond acceptors (Lipinski definition) is 3. The van der Waals surface area contributed by atoms with Crippen molar-refractivity contribution in [3.63, 3.8) is 0 Å². The predicted octanol–water partition coefficient (Wildman–Crippen LogP) is 3.02. The Morgan fingerprint density at radius 1 is 1.33 bits per heavy atom. The number of phenols is 1.